The molecule has 1 aliphatic rings. The molecule has 1 saturated carbocycles. The normalized spacial score (nSPS) is 25.1. The van der Waals surface area contributed by atoms with E-state index in [1.165, 1.54) is 0 Å². The number of hydrogen-bond donors (Lipinski definition) is 2. The molecule has 1 atom stereocenters. The quantitative estimate of drug-likeness (QED) is 0.753. The largest absolute Gasteiger partial charge is 0.371 e. The summed E-state index contributed by atoms with van der Waals surface area (Å²) < 4.78 is 0.808. The minimum absolute atomic E-state index is 0.263. The number of anilines is 1. The average molecular weight is 374 g/mol. The summed E-state index contributed by atoms with van der Waals surface area (Å²) in [7, 11) is 0. The smallest absolute Gasteiger partial charge is 0.243 e. The molecule has 0 spiro atoms. The van der Waals surface area contributed by atoms with Gasteiger partial charge < -0.3 is 11.1 Å². The maximum Gasteiger partial charge on any atom is 0.243 e. The molecular weight excluding hydrogens is 352 g/mol. The lowest BCUT2D eigenvalue weighted by Crippen LogP contribution is -2.50. The molecule has 1 aromatic carbocycles. The van der Waals surface area contributed by atoms with E-state index in [1.54, 1.807) is 0 Å². The Hall–Kier alpha value is -0.740. The van der Waals surface area contributed by atoms with Crippen LogP contribution < -0.4 is 11.1 Å². The number of benzene rings is 1. The fourth-order valence-electron chi connectivity index (χ4n) is 2.95. The Kier molecular flexibility index (Phi) is 4.89. The van der Waals surface area contributed by atoms with Gasteiger partial charge in [0, 0.05) is 10.2 Å². The summed E-state index contributed by atoms with van der Waals surface area (Å²) >= 11 is 9.43. The summed E-state index contributed by atoms with van der Waals surface area (Å²) in [5, 5.41) is 4.03. The van der Waals surface area contributed by atoms with Gasteiger partial charge in [-0.15, -0.1) is 0 Å². The maximum atomic E-state index is 12.1. The zero-order chi connectivity index (χ0) is 15.7. The Balaban J connectivity index is 2.26. The summed E-state index contributed by atoms with van der Waals surface area (Å²) in [5.74, 6) is -0.272. The zero-order valence-electron chi connectivity index (χ0n) is 12.5. The van der Waals surface area contributed by atoms with Gasteiger partial charge in [0.05, 0.1) is 5.02 Å². The van der Waals surface area contributed by atoms with Gasteiger partial charge >= 0.3 is 0 Å². The van der Waals surface area contributed by atoms with Crippen LogP contribution in [0.25, 0.3) is 0 Å². The van der Waals surface area contributed by atoms with Gasteiger partial charge in [0.25, 0.3) is 0 Å². The number of rotatable bonds is 3. The molecule has 3 nitrogen and oxygen atoms in total. The molecule has 5 heteroatoms. The SMILES string of the molecule is CC1(C)CCCC(Nc2ccc(Cl)c(Br)c2)(C(N)=O)CC1. The number of hydrogen-bond acceptors (Lipinski definition) is 2. The van der Waals surface area contributed by atoms with E-state index in [0.29, 0.717) is 5.02 Å². The molecule has 21 heavy (non-hydrogen) atoms. The van der Waals surface area contributed by atoms with Crippen molar-refractivity contribution in [3.63, 3.8) is 0 Å². The molecule has 2 rings (SSSR count). The van der Waals surface area contributed by atoms with E-state index < -0.39 is 5.54 Å². The number of carbonyl (C=O) groups excluding carboxylic acids is 1. The third-order valence-electron chi connectivity index (χ3n) is 4.46. The van der Waals surface area contributed by atoms with Crippen LogP contribution in [-0.2, 0) is 4.79 Å². The number of nitrogens with two attached hydrogens (primary N) is 1. The van der Waals surface area contributed by atoms with Crippen molar-refractivity contribution in [2.75, 3.05) is 5.32 Å². The van der Waals surface area contributed by atoms with E-state index in [2.05, 4.69) is 35.1 Å². The second-order valence-corrected chi connectivity index (χ2v) is 7.98. The number of halogens is 2. The highest BCUT2D eigenvalue weighted by molar-refractivity contribution is 9.10. The number of nitrogens with one attached hydrogen (secondary N) is 1. The predicted molar refractivity (Wildman–Crippen MR) is 91.6 cm³/mol. The summed E-state index contributed by atoms with van der Waals surface area (Å²) in [6, 6.07) is 5.58. The topological polar surface area (TPSA) is 55.1 Å². The van der Waals surface area contributed by atoms with Crippen molar-refractivity contribution in [3.05, 3.63) is 27.7 Å². The maximum absolute atomic E-state index is 12.1. The Morgan fingerprint density at radius 3 is 2.62 bits per heavy atom. The second kappa shape index (κ2) is 6.17. The molecule has 1 aromatic rings. The molecule has 1 amide bonds. The van der Waals surface area contributed by atoms with Crippen LogP contribution in [0, 0.1) is 5.41 Å². The number of primary amides is 1. The predicted octanol–water partition coefficient (Wildman–Crippen LogP) is 4.73. The Morgan fingerprint density at radius 1 is 1.29 bits per heavy atom. The summed E-state index contributed by atoms with van der Waals surface area (Å²) in [6.07, 6.45) is 4.63. The molecule has 0 saturated heterocycles. The minimum Gasteiger partial charge on any atom is -0.371 e. The van der Waals surface area contributed by atoms with Gasteiger partial charge in [0.2, 0.25) is 5.91 Å². The van der Waals surface area contributed by atoms with Crippen molar-refractivity contribution in [3.8, 4) is 0 Å². The lowest BCUT2D eigenvalue weighted by Gasteiger charge is -2.32. The Labute approximate surface area is 139 Å². The fraction of sp³-hybridized carbons (Fsp3) is 0.562. The third kappa shape index (κ3) is 3.92. The first-order valence-electron chi connectivity index (χ1n) is 7.27. The lowest BCUT2D eigenvalue weighted by atomic mass is 9.83. The van der Waals surface area contributed by atoms with Gasteiger partial charge in [0.1, 0.15) is 5.54 Å². The standard InChI is InChI=1S/C16H22BrClN2O/c1-15(2)6-3-7-16(9-8-15,14(19)21)20-11-4-5-13(18)12(17)10-11/h4-5,10,20H,3,6-9H2,1-2H3,(H2,19,21). The first-order chi connectivity index (χ1) is 9.74. The van der Waals surface area contributed by atoms with Crippen LogP contribution in [0.2, 0.25) is 5.02 Å². The van der Waals surface area contributed by atoms with E-state index in [9.17, 15) is 4.79 Å². The minimum atomic E-state index is -0.666. The van der Waals surface area contributed by atoms with E-state index in [1.807, 2.05) is 18.2 Å². The molecule has 116 valence electrons. The van der Waals surface area contributed by atoms with Crippen LogP contribution in [0.1, 0.15) is 46.0 Å². The molecule has 0 aliphatic heterocycles. The molecule has 0 aromatic heterocycles. The van der Waals surface area contributed by atoms with Crippen LogP contribution in [0.5, 0.6) is 0 Å². The summed E-state index contributed by atoms with van der Waals surface area (Å²) in [6.45, 7) is 4.51. The van der Waals surface area contributed by atoms with E-state index >= 15 is 0 Å². The van der Waals surface area contributed by atoms with Crippen molar-refractivity contribution in [1.29, 1.82) is 0 Å². The van der Waals surface area contributed by atoms with Crippen molar-refractivity contribution >= 4 is 39.1 Å². The molecule has 1 aliphatic carbocycles. The fourth-order valence-corrected chi connectivity index (χ4v) is 3.45. The molecular formula is C16H22BrClN2O. The third-order valence-corrected chi connectivity index (χ3v) is 5.67. The van der Waals surface area contributed by atoms with Crippen molar-refractivity contribution < 1.29 is 4.79 Å². The monoisotopic (exact) mass is 372 g/mol. The first-order valence-corrected chi connectivity index (χ1v) is 8.44. The van der Waals surface area contributed by atoms with Crippen molar-refractivity contribution in [2.45, 2.75) is 51.5 Å². The molecule has 0 heterocycles. The highest BCUT2D eigenvalue weighted by atomic mass is 79.9. The Morgan fingerprint density at radius 2 is 2.00 bits per heavy atom. The average Bonchev–Trinajstić information content (AvgIpc) is 2.54. The van der Waals surface area contributed by atoms with Gasteiger partial charge in [-0.1, -0.05) is 31.9 Å². The van der Waals surface area contributed by atoms with Crippen molar-refractivity contribution in [1.82, 2.24) is 0 Å². The zero-order valence-corrected chi connectivity index (χ0v) is 14.9. The van der Waals surface area contributed by atoms with Crippen LogP contribution in [0.15, 0.2) is 22.7 Å². The Bertz CT molecular complexity index is 547. The van der Waals surface area contributed by atoms with Crippen LogP contribution >= 0.6 is 27.5 Å². The van der Waals surface area contributed by atoms with Gasteiger partial charge in [-0.25, -0.2) is 0 Å². The van der Waals surface area contributed by atoms with Crippen LogP contribution in [-0.4, -0.2) is 11.4 Å². The van der Waals surface area contributed by atoms with E-state index in [0.717, 1.165) is 42.3 Å². The van der Waals surface area contributed by atoms with Gasteiger partial charge in [-0.2, -0.15) is 0 Å². The lowest BCUT2D eigenvalue weighted by molar-refractivity contribution is -0.122. The van der Waals surface area contributed by atoms with E-state index in [-0.39, 0.29) is 11.3 Å². The molecule has 1 unspecified atom stereocenters. The van der Waals surface area contributed by atoms with Gasteiger partial charge in [-0.3, -0.25) is 4.79 Å². The molecule has 1 fully saturated rings. The number of amides is 1. The van der Waals surface area contributed by atoms with Crippen LogP contribution in [0.3, 0.4) is 0 Å². The highest BCUT2D eigenvalue weighted by Gasteiger charge is 2.40. The second-order valence-electron chi connectivity index (χ2n) is 6.72. The van der Waals surface area contributed by atoms with Crippen molar-refractivity contribution in [2.24, 2.45) is 11.1 Å². The number of carbonyl (C=O) groups is 1. The van der Waals surface area contributed by atoms with Gasteiger partial charge in [0.15, 0.2) is 0 Å². The van der Waals surface area contributed by atoms with E-state index in [4.69, 9.17) is 17.3 Å². The molecule has 0 radical (unpaired) electrons. The van der Waals surface area contributed by atoms with Crippen LogP contribution in [0.4, 0.5) is 5.69 Å². The molecule has 0 bridgehead atoms. The van der Waals surface area contributed by atoms with Gasteiger partial charge in [-0.05, 0) is 65.2 Å². The highest BCUT2D eigenvalue weighted by Crippen LogP contribution is 2.40. The molecule has 3 N–H and O–H groups in total. The summed E-state index contributed by atoms with van der Waals surface area (Å²) in [4.78, 5) is 12.1. The summed E-state index contributed by atoms with van der Waals surface area (Å²) in [5.41, 5.74) is 6.20. The first kappa shape index (κ1) is 16.6.